The van der Waals surface area contributed by atoms with Gasteiger partial charge in [0.2, 0.25) is 0 Å². The Hall–Kier alpha value is -2.58. The van der Waals surface area contributed by atoms with E-state index < -0.39 is 6.10 Å². The van der Waals surface area contributed by atoms with Crippen molar-refractivity contribution in [3.63, 3.8) is 0 Å². The van der Waals surface area contributed by atoms with Crippen molar-refractivity contribution in [2.45, 2.75) is 26.0 Å². The maximum absolute atomic E-state index is 12.0. The fraction of sp³-hybridized carbons (Fsp3) is 0.429. The number of carbonyl (C=O) groups is 2. The number of thiophene rings is 1. The Kier molecular flexibility index (Phi) is 5.73. The van der Waals surface area contributed by atoms with E-state index in [4.69, 9.17) is 4.74 Å². The summed E-state index contributed by atoms with van der Waals surface area (Å²) in [4.78, 5) is 29.3. The number of ether oxygens (including phenoxy) is 1. The number of nitrogens with one attached hydrogen (secondary N) is 2. The van der Waals surface area contributed by atoms with E-state index in [1.165, 1.54) is 11.3 Å². The van der Waals surface area contributed by atoms with E-state index in [0.717, 1.165) is 59.6 Å². The lowest BCUT2D eigenvalue weighted by Crippen LogP contribution is -2.45. The van der Waals surface area contributed by atoms with Gasteiger partial charge in [-0.05, 0) is 36.2 Å². The summed E-state index contributed by atoms with van der Waals surface area (Å²) in [6.07, 6.45) is 0.259. The molecule has 0 bridgehead atoms. The molecule has 2 aromatic rings. The first-order valence-electron chi connectivity index (χ1n) is 9.97. The summed E-state index contributed by atoms with van der Waals surface area (Å²) >= 11 is 1.54. The van der Waals surface area contributed by atoms with Gasteiger partial charge in [-0.1, -0.05) is 13.0 Å². The molecule has 3 heterocycles. The van der Waals surface area contributed by atoms with Crippen LogP contribution in [0, 0.1) is 0 Å². The van der Waals surface area contributed by atoms with Crippen molar-refractivity contribution in [2.75, 3.05) is 43.4 Å². The predicted molar refractivity (Wildman–Crippen MR) is 115 cm³/mol. The van der Waals surface area contributed by atoms with E-state index in [1.807, 2.05) is 31.2 Å². The molecular formula is C21H26N4O3S. The smallest absolute Gasteiger partial charge is 0.265 e. The standard InChI is InChI=1S/C21H26N4O3S/c1-3-16-20(26)23-15-12-14(4-5-17(15)28-16)13-24-8-10-25(11-9-24)19-7-6-18(29-19)21(27)22-2/h4-7,12,16H,3,8-11,13H2,1-2H3,(H,22,27)(H,23,26)/t16-/m1/s1. The van der Waals surface area contributed by atoms with Crippen LogP contribution in [0.15, 0.2) is 30.3 Å². The van der Waals surface area contributed by atoms with Crippen LogP contribution in [0.1, 0.15) is 28.6 Å². The Balaban J connectivity index is 1.34. The first-order chi connectivity index (χ1) is 14.1. The molecule has 8 heteroatoms. The molecule has 1 fully saturated rings. The minimum atomic E-state index is -0.400. The fourth-order valence-corrected chi connectivity index (χ4v) is 4.70. The Morgan fingerprint density at radius 3 is 2.76 bits per heavy atom. The van der Waals surface area contributed by atoms with Gasteiger partial charge in [0.1, 0.15) is 5.75 Å². The van der Waals surface area contributed by atoms with Gasteiger partial charge in [-0.15, -0.1) is 11.3 Å². The molecule has 2 aliphatic rings. The van der Waals surface area contributed by atoms with Crippen LogP contribution in [0.3, 0.4) is 0 Å². The van der Waals surface area contributed by atoms with Crippen LogP contribution in [0.5, 0.6) is 5.75 Å². The molecule has 4 rings (SSSR count). The molecule has 29 heavy (non-hydrogen) atoms. The summed E-state index contributed by atoms with van der Waals surface area (Å²) in [6.45, 7) is 6.53. The SMILES string of the molecule is CC[C@H]1Oc2ccc(CN3CCN(c4ccc(C(=O)NC)s4)CC3)cc2NC1=O. The molecule has 0 spiro atoms. The molecule has 0 aliphatic carbocycles. The van der Waals surface area contributed by atoms with Crippen molar-refractivity contribution in [1.82, 2.24) is 10.2 Å². The van der Waals surface area contributed by atoms with E-state index in [9.17, 15) is 9.59 Å². The van der Waals surface area contributed by atoms with Crippen molar-refractivity contribution in [3.8, 4) is 5.75 Å². The largest absolute Gasteiger partial charge is 0.478 e. The van der Waals surface area contributed by atoms with Gasteiger partial charge in [0.05, 0.1) is 15.6 Å². The summed E-state index contributed by atoms with van der Waals surface area (Å²) in [7, 11) is 1.65. The number of amides is 2. The Bertz CT molecular complexity index is 905. The number of anilines is 2. The van der Waals surface area contributed by atoms with E-state index in [1.54, 1.807) is 7.05 Å². The van der Waals surface area contributed by atoms with Gasteiger partial charge >= 0.3 is 0 Å². The average molecular weight is 415 g/mol. The van der Waals surface area contributed by atoms with Gasteiger partial charge in [-0.25, -0.2) is 0 Å². The molecule has 154 valence electrons. The summed E-state index contributed by atoms with van der Waals surface area (Å²) in [5.74, 6) is 0.640. The van der Waals surface area contributed by atoms with Crippen LogP contribution in [0.4, 0.5) is 10.7 Å². The zero-order chi connectivity index (χ0) is 20.4. The molecule has 0 radical (unpaired) electrons. The monoisotopic (exact) mass is 414 g/mol. The first-order valence-corrected chi connectivity index (χ1v) is 10.8. The molecule has 1 aromatic carbocycles. The summed E-state index contributed by atoms with van der Waals surface area (Å²) < 4.78 is 5.77. The topological polar surface area (TPSA) is 73.9 Å². The molecule has 1 aromatic heterocycles. The lowest BCUT2D eigenvalue weighted by atomic mass is 10.1. The van der Waals surface area contributed by atoms with Gasteiger partial charge < -0.3 is 20.3 Å². The van der Waals surface area contributed by atoms with Crippen molar-refractivity contribution in [1.29, 1.82) is 0 Å². The first kappa shape index (κ1) is 19.7. The maximum atomic E-state index is 12.0. The van der Waals surface area contributed by atoms with Gasteiger partial charge in [0.15, 0.2) is 6.10 Å². The van der Waals surface area contributed by atoms with Crippen LogP contribution in [-0.2, 0) is 11.3 Å². The second kappa shape index (κ2) is 8.42. The van der Waals surface area contributed by atoms with Crippen LogP contribution >= 0.6 is 11.3 Å². The third kappa shape index (κ3) is 4.23. The third-order valence-corrected chi connectivity index (χ3v) is 6.51. The van der Waals surface area contributed by atoms with Crippen LogP contribution in [0.2, 0.25) is 0 Å². The number of hydrogen-bond acceptors (Lipinski definition) is 6. The number of piperazine rings is 1. The lowest BCUT2D eigenvalue weighted by Gasteiger charge is -2.35. The molecule has 2 aliphatic heterocycles. The highest BCUT2D eigenvalue weighted by atomic mass is 32.1. The Labute approximate surface area is 174 Å². The van der Waals surface area contributed by atoms with E-state index >= 15 is 0 Å². The van der Waals surface area contributed by atoms with Crippen molar-refractivity contribution in [2.24, 2.45) is 0 Å². The molecule has 0 unspecified atom stereocenters. The van der Waals surface area contributed by atoms with Crippen LogP contribution in [0.25, 0.3) is 0 Å². The molecule has 0 saturated carbocycles. The molecule has 2 amide bonds. The quantitative estimate of drug-likeness (QED) is 0.787. The van der Waals surface area contributed by atoms with Crippen LogP contribution in [-0.4, -0.2) is 56.0 Å². The highest BCUT2D eigenvalue weighted by Crippen LogP contribution is 2.32. The van der Waals surface area contributed by atoms with Gasteiger partial charge in [-0.3, -0.25) is 14.5 Å². The highest BCUT2D eigenvalue weighted by Gasteiger charge is 2.26. The molecule has 7 nitrogen and oxygen atoms in total. The van der Waals surface area contributed by atoms with Crippen molar-refractivity contribution in [3.05, 3.63) is 40.8 Å². The molecule has 1 atom stereocenters. The van der Waals surface area contributed by atoms with Gasteiger partial charge in [-0.2, -0.15) is 0 Å². The van der Waals surface area contributed by atoms with Crippen molar-refractivity contribution < 1.29 is 14.3 Å². The highest BCUT2D eigenvalue weighted by molar-refractivity contribution is 7.18. The lowest BCUT2D eigenvalue weighted by molar-refractivity contribution is -0.123. The normalized spacial score (nSPS) is 19.3. The summed E-state index contributed by atoms with van der Waals surface area (Å²) in [6, 6.07) is 9.96. The van der Waals surface area contributed by atoms with E-state index in [2.05, 4.69) is 26.5 Å². The van der Waals surface area contributed by atoms with E-state index in [0.29, 0.717) is 6.42 Å². The number of rotatable bonds is 5. The molecular weight excluding hydrogens is 388 g/mol. The number of hydrogen-bond donors (Lipinski definition) is 2. The molecule has 2 N–H and O–H groups in total. The number of benzene rings is 1. The summed E-state index contributed by atoms with van der Waals surface area (Å²) in [5, 5.41) is 6.77. The maximum Gasteiger partial charge on any atom is 0.265 e. The zero-order valence-corrected chi connectivity index (χ0v) is 17.6. The Morgan fingerprint density at radius 1 is 1.24 bits per heavy atom. The van der Waals surface area contributed by atoms with Crippen molar-refractivity contribution >= 4 is 33.8 Å². The average Bonchev–Trinajstić information content (AvgIpc) is 3.23. The van der Waals surface area contributed by atoms with Crippen LogP contribution < -0.4 is 20.3 Å². The summed E-state index contributed by atoms with van der Waals surface area (Å²) in [5.41, 5.74) is 1.92. The minimum absolute atomic E-state index is 0.0337. The number of nitrogens with zero attached hydrogens (tertiary/aromatic N) is 2. The zero-order valence-electron chi connectivity index (χ0n) is 16.7. The Morgan fingerprint density at radius 2 is 2.03 bits per heavy atom. The second-order valence-electron chi connectivity index (χ2n) is 7.31. The number of fused-ring (bicyclic) bond motifs is 1. The second-order valence-corrected chi connectivity index (χ2v) is 8.38. The fourth-order valence-electron chi connectivity index (χ4n) is 3.69. The van der Waals surface area contributed by atoms with Gasteiger partial charge in [0, 0.05) is 39.8 Å². The molecule has 1 saturated heterocycles. The number of carbonyl (C=O) groups excluding carboxylic acids is 2. The predicted octanol–water partition coefficient (Wildman–Crippen LogP) is 2.54. The third-order valence-electron chi connectivity index (χ3n) is 5.37. The van der Waals surface area contributed by atoms with Gasteiger partial charge in [0.25, 0.3) is 11.8 Å². The van der Waals surface area contributed by atoms with E-state index in [-0.39, 0.29) is 11.8 Å². The minimum Gasteiger partial charge on any atom is -0.478 e.